The van der Waals surface area contributed by atoms with Gasteiger partial charge in [0.05, 0.1) is 16.7 Å². The Hall–Kier alpha value is -1.23. The molecule has 0 unspecified atom stereocenters. The van der Waals surface area contributed by atoms with Crippen LogP contribution in [-0.4, -0.2) is 25.0 Å². The molecule has 1 saturated carbocycles. The summed E-state index contributed by atoms with van der Waals surface area (Å²) in [5.41, 5.74) is 6.66. The van der Waals surface area contributed by atoms with E-state index in [1.807, 2.05) is 13.8 Å². The van der Waals surface area contributed by atoms with E-state index in [-0.39, 0.29) is 11.9 Å². The summed E-state index contributed by atoms with van der Waals surface area (Å²) >= 11 is 1.47. The predicted octanol–water partition coefficient (Wildman–Crippen LogP) is 3.95. The number of hydrogen-bond donors (Lipinski definition) is 1. The number of carbonyl (C=O) groups is 1. The Kier molecular flexibility index (Phi) is 5.14. The van der Waals surface area contributed by atoms with Crippen LogP contribution in [0.4, 0.5) is 10.7 Å². The molecular weight excluding hydrogens is 284 g/mol. The van der Waals surface area contributed by atoms with Crippen molar-refractivity contribution in [3.8, 4) is 5.75 Å². The van der Waals surface area contributed by atoms with Gasteiger partial charge in [-0.25, -0.2) is 0 Å². The molecule has 1 aromatic heterocycles. The van der Waals surface area contributed by atoms with Crippen LogP contribution in [0.2, 0.25) is 0 Å². The molecule has 1 aliphatic carbocycles. The zero-order valence-electron chi connectivity index (χ0n) is 13.4. The molecule has 1 fully saturated rings. The number of Topliss-reactive ketones (excluding diaryl/α,β-unsaturated/α-hetero) is 1. The molecule has 5 heteroatoms. The summed E-state index contributed by atoms with van der Waals surface area (Å²) in [6.45, 7) is 9.60. The van der Waals surface area contributed by atoms with Crippen molar-refractivity contribution in [2.45, 2.75) is 53.1 Å². The summed E-state index contributed by atoms with van der Waals surface area (Å²) in [4.78, 5) is 14.7. The Morgan fingerprint density at radius 2 is 2.14 bits per heavy atom. The highest BCUT2D eigenvalue weighted by molar-refractivity contribution is 7.19. The van der Waals surface area contributed by atoms with Crippen LogP contribution < -0.4 is 15.4 Å². The molecule has 0 aromatic carbocycles. The minimum absolute atomic E-state index is 0.0112. The van der Waals surface area contributed by atoms with Gasteiger partial charge in [-0.2, -0.15) is 0 Å². The van der Waals surface area contributed by atoms with Crippen molar-refractivity contribution in [3.63, 3.8) is 0 Å². The number of hydrogen-bond acceptors (Lipinski definition) is 5. The third-order valence-electron chi connectivity index (χ3n) is 3.93. The molecular formula is C16H26N2O2S. The van der Waals surface area contributed by atoms with Gasteiger partial charge in [0.15, 0.2) is 11.5 Å². The van der Waals surface area contributed by atoms with Gasteiger partial charge < -0.3 is 15.4 Å². The van der Waals surface area contributed by atoms with Crippen LogP contribution in [0.1, 0.15) is 56.6 Å². The largest absolute Gasteiger partial charge is 0.486 e. The third kappa shape index (κ3) is 3.51. The number of ketones is 1. The number of ether oxygens (including phenoxy) is 1. The van der Waals surface area contributed by atoms with Crippen LogP contribution in [0.15, 0.2) is 0 Å². The highest BCUT2D eigenvalue weighted by Gasteiger charge is 2.27. The molecule has 21 heavy (non-hydrogen) atoms. The van der Waals surface area contributed by atoms with Gasteiger partial charge in [0.1, 0.15) is 5.00 Å². The fraction of sp³-hybridized carbons (Fsp3) is 0.688. The van der Waals surface area contributed by atoms with Gasteiger partial charge in [-0.3, -0.25) is 4.79 Å². The Bertz CT molecular complexity index is 507. The number of carbonyl (C=O) groups excluding carboxylic acids is 1. The minimum Gasteiger partial charge on any atom is -0.486 e. The summed E-state index contributed by atoms with van der Waals surface area (Å²) in [5.74, 6) is 1.47. The minimum atomic E-state index is 0.0112. The van der Waals surface area contributed by atoms with E-state index in [4.69, 9.17) is 10.5 Å². The van der Waals surface area contributed by atoms with E-state index < -0.39 is 0 Å². The van der Waals surface area contributed by atoms with Crippen LogP contribution in [-0.2, 0) is 0 Å². The molecule has 0 atom stereocenters. The summed E-state index contributed by atoms with van der Waals surface area (Å²) in [6, 6.07) is 0. The van der Waals surface area contributed by atoms with E-state index in [2.05, 4.69) is 11.8 Å². The molecule has 118 valence electrons. The molecule has 0 radical (unpaired) electrons. The van der Waals surface area contributed by atoms with Gasteiger partial charge in [-0.1, -0.05) is 6.42 Å². The van der Waals surface area contributed by atoms with E-state index in [1.165, 1.54) is 30.6 Å². The Morgan fingerprint density at radius 3 is 2.57 bits per heavy atom. The van der Waals surface area contributed by atoms with E-state index in [0.29, 0.717) is 16.3 Å². The molecule has 1 heterocycles. The Labute approximate surface area is 131 Å². The highest BCUT2D eigenvalue weighted by atomic mass is 32.1. The van der Waals surface area contributed by atoms with Crippen molar-refractivity contribution < 1.29 is 9.53 Å². The number of nitrogen functional groups attached to an aromatic ring is 1. The van der Waals surface area contributed by atoms with Crippen molar-refractivity contribution in [3.05, 3.63) is 4.88 Å². The lowest BCUT2D eigenvalue weighted by atomic mass is 9.85. The SMILES string of the molecule is CCN(CC1CCC1)c1sc(C(C)=O)c(N)c1OC(C)C. The molecule has 0 spiro atoms. The van der Waals surface area contributed by atoms with Gasteiger partial charge in [0, 0.05) is 20.0 Å². The van der Waals surface area contributed by atoms with Crippen molar-refractivity contribution in [2.24, 2.45) is 5.92 Å². The first-order chi connectivity index (χ1) is 9.93. The number of thiophene rings is 1. The molecule has 0 saturated heterocycles. The molecule has 1 aromatic rings. The second kappa shape index (κ2) is 6.69. The van der Waals surface area contributed by atoms with Crippen molar-refractivity contribution in [2.75, 3.05) is 23.7 Å². The number of anilines is 2. The number of nitrogens with zero attached hydrogens (tertiary/aromatic N) is 1. The maximum atomic E-state index is 11.8. The van der Waals surface area contributed by atoms with Gasteiger partial charge in [0.2, 0.25) is 0 Å². The van der Waals surface area contributed by atoms with Crippen LogP contribution >= 0.6 is 11.3 Å². The quantitative estimate of drug-likeness (QED) is 0.775. The molecule has 4 nitrogen and oxygen atoms in total. The first kappa shape index (κ1) is 16.1. The Balaban J connectivity index is 2.33. The van der Waals surface area contributed by atoms with Gasteiger partial charge >= 0.3 is 0 Å². The second-order valence-electron chi connectivity index (χ2n) is 6.04. The maximum Gasteiger partial charge on any atom is 0.177 e. The zero-order valence-corrected chi connectivity index (χ0v) is 14.3. The first-order valence-corrected chi connectivity index (χ1v) is 8.60. The first-order valence-electron chi connectivity index (χ1n) is 7.78. The molecule has 1 aliphatic rings. The Morgan fingerprint density at radius 1 is 1.48 bits per heavy atom. The van der Waals surface area contributed by atoms with E-state index in [1.54, 1.807) is 6.92 Å². The molecule has 2 rings (SSSR count). The van der Waals surface area contributed by atoms with Gasteiger partial charge in [0.25, 0.3) is 0 Å². The second-order valence-corrected chi connectivity index (χ2v) is 7.04. The summed E-state index contributed by atoms with van der Waals surface area (Å²) < 4.78 is 5.91. The van der Waals surface area contributed by atoms with Crippen LogP contribution in [0, 0.1) is 5.92 Å². The van der Waals surface area contributed by atoms with E-state index in [0.717, 1.165) is 24.0 Å². The zero-order chi connectivity index (χ0) is 15.6. The monoisotopic (exact) mass is 310 g/mol. The molecule has 0 bridgehead atoms. The van der Waals surface area contributed by atoms with Gasteiger partial charge in [-0.05, 0) is 39.5 Å². The van der Waals surface area contributed by atoms with E-state index in [9.17, 15) is 4.79 Å². The average molecular weight is 310 g/mol. The molecule has 0 aliphatic heterocycles. The topological polar surface area (TPSA) is 55.6 Å². The normalized spacial score (nSPS) is 15.1. The lowest BCUT2D eigenvalue weighted by molar-refractivity contribution is 0.102. The summed E-state index contributed by atoms with van der Waals surface area (Å²) in [7, 11) is 0. The van der Waals surface area contributed by atoms with Crippen molar-refractivity contribution in [1.82, 2.24) is 0 Å². The maximum absolute atomic E-state index is 11.8. The van der Waals surface area contributed by atoms with Gasteiger partial charge in [-0.15, -0.1) is 11.3 Å². The third-order valence-corrected chi connectivity index (χ3v) is 5.28. The molecule has 0 amide bonds. The van der Waals surface area contributed by atoms with Crippen molar-refractivity contribution in [1.29, 1.82) is 0 Å². The summed E-state index contributed by atoms with van der Waals surface area (Å²) in [6.07, 6.45) is 3.99. The van der Waals surface area contributed by atoms with E-state index >= 15 is 0 Å². The predicted molar refractivity (Wildman–Crippen MR) is 89.7 cm³/mol. The highest BCUT2D eigenvalue weighted by Crippen LogP contribution is 2.46. The standard InChI is InChI=1S/C16H26N2O2S/c1-5-18(9-12-7-6-8-12)16-14(20-10(2)3)13(17)15(21-16)11(4)19/h10,12H,5-9,17H2,1-4H3. The number of nitrogens with two attached hydrogens (primary N) is 1. The lowest BCUT2D eigenvalue weighted by Gasteiger charge is -2.32. The van der Waals surface area contributed by atoms with Crippen LogP contribution in [0.5, 0.6) is 5.75 Å². The van der Waals surface area contributed by atoms with Crippen LogP contribution in [0.25, 0.3) is 0 Å². The molecule has 2 N–H and O–H groups in total. The lowest BCUT2D eigenvalue weighted by Crippen LogP contribution is -2.32. The number of rotatable bonds is 7. The summed E-state index contributed by atoms with van der Waals surface area (Å²) in [5, 5.41) is 1.01. The van der Waals surface area contributed by atoms with Crippen LogP contribution in [0.3, 0.4) is 0 Å². The van der Waals surface area contributed by atoms with Crippen molar-refractivity contribution >= 4 is 27.8 Å². The average Bonchev–Trinajstić information content (AvgIpc) is 2.66. The fourth-order valence-electron chi connectivity index (χ4n) is 2.58. The fourth-order valence-corrected chi connectivity index (χ4v) is 3.70. The smallest absolute Gasteiger partial charge is 0.177 e.